The van der Waals surface area contributed by atoms with Crippen molar-refractivity contribution < 1.29 is 19.8 Å². The second-order valence-electron chi connectivity index (χ2n) is 3.38. The standard InChI is InChI=1S/C8H16N2O4/c11-7(6-14-9-8(12)13)5-10-3-1-2-4-10/h7,9,11H,1-6H2,(H,12,13). The molecule has 0 aliphatic carbocycles. The summed E-state index contributed by atoms with van der Waals surface area (Å²) in [5.41, 5.74) is 1.74. The molecule has 1 aliphatic heterocycles. The van der Waals surface area contributed by atoms with Crippen LogP contribution in [0.1, 0.15) is 12.8 Å². The minimum absolute atomic E-state index is 0.0111. The molecule has 14 heavy (non-hydrogen) atoms. The van der Waals surface area contributed by atoms with Crippen LogP contribution in [0.15, 0.2) is 0 Å². The van der Waals surface area contributed by atoms with E-state index in [1.54, 1.807) is 5.48 Å². The van der Waals surface area contributed by atoms with E-state index in [2.05, 4.69) is 9.74 Å². The molecular formula is C8H16N2O4. The van der Waals surface area contributed by atoms with Gasteiger partial charge in [-0.05, 0) is 25.9 Å². The van der Waals surface area contributed by atoms with Crippen molar-refractivity contribution in [2.45, 2.75) is 18.9 Å². The first-order chi connectivity index (χ1) is 6.68. The van der Waals surface area contributed by atoms with Gasteiger partial charge in [0.15, 0.2) is 0 Å². The quantitative estimate of drug-likeness (QED) is 0.533. The number of nitrogens with one attached hydrogen (secondary N) is 1. The van der Waals surface area contributed by atoms with Crippen molar-refractivity contribution in [2.24, 2.45) is 0 Å². The van der Waals surface area contributed by atoms with Crippen molar-refractivity contribution in [1.82, 2.24) is 10.4 Å². The predicted octanol–water partition coefficient (Wildman–Crippen LogP) is -0.358. The van der Waals surface area contributed by atoms with Gasteiger partial charge in [0.25, 0.3) is 0 Å². The maximum atomic E-state index is 10.00. The Bertz CT molecular complexity index is 182. The van der Waals surface area contributed by atoms with E-state index in [1.807, 2.05) is 0 Å². The number of aliphatic hydroxyl groups excluding tert-OH is 1. The van der Waals surface area contributed by atoms with E-state index in [4.69, 9.17) is 5.11 Å². The lowest BCUT2D eigenvalue weighted by Crippen LogP contribution is -2.35. The van der Waals surface area contributed by atoms with Gasteiger partial charge in [0.2, 0.25) is 0 Å². The monoisotopic (exact) mass is 204 g/mol. The van der Waals surface area contributed by atoms with Gasteiger partial charge >= 0.3 is 6.09 Å². The lowest BCUT2D eigenvalue weighted by atomic mass is 10.3. The van der Waals surface area contributed by atoms with E-state index in [0.29, 0.717) is 6.54 Å². The van der Waals surface area contributed by atoms with E-state index < -0.39 is 12.2 Å². The minimum atomic E-state index is -1.25. The van der Waals surface area contributed by atoms with Gasteiger partial charge in [-0.15, -0.1) is 0 Å². The Morgan fingerprint density at radius 2 is 2.14 bits per heavy atom. The van der Waals surface area contributed by atoms with Crippen molar-refractivity contribution in [3.8, 4) is 0 Å². The van der Waals surface area contributed by atoms with Crippen molar-refractivity contribution in [2.75, 3.05) is 26.2 Å². The predicted molar refractivity (Wildman–Crippen MR) is 48.8 cm³/mol. The van der Waals surface area contributed by atoms with Crippen LogP contribution in [0, 0.1) is 0 Å². The highest BCUT2D eigenvalue weighted by Gasteiger charge is 2.15. The number of β-amino-alcohol motifs (C(OH)–C–C–N with tert-alkyl or cyclic N) is 1. The number of carbonyl (C=O) groups is 1. The van der Waals surface area contributed by atoms with E-state index in [0.717, 1.165) is 13.1 Å². The van der Waals surface area contributed by atoms with E-state index in [9.17, 15) is 9.90 Å². The average Bonchev–Trinajstić information content (AvgIpc) is 2.56. The molecule has 1 fully saturated rings. The first kappa shape index (κ1) is 11.2. The van der Waals surface area contributed by atoms with Crippen LogP contribution in [0.3, 0.4) is 0 Å². The molecular weight excluding hydrogens is 188 g/mol. The van der Waals surface area contributed by atoms with Crippen LogP contribution in [0.5, 0.6) is 0 Å². The van der Waals surface area contributed by atoms with Gasteiger partial charge in [0.05, 0.1) is 6.10 Å². The molecule has 1 rings (SSSR count). The summed E-state index contributed by atoms with van der Waals surface area (Å²) in [5.74, 6) is 0. The lowest BCUT2D eigenvalue weighted by Gasteiger charge is -2.18. The highest BCUT2D eigenvalue weighted by atomic mass is 16.7. The molecule has 1 amide bonds. The van der Waals surface area contributed by atoms with E-state index in [1.165, 1.54) is 12.8 Å². The van der Waals surface area contributed by atoms with Crippen LogP contribution in [-0.4, -0.2) is 53.6 Å². The van der Waals surface area contributed by atoms with Crippen molar-refractivity contribution >= 4 is 6.09 Å². The normalized spacial score (nSPS) is 19.5. The topological polar surface area (TPSA) is 82.0 Å². The zero-order chi connectivity index (χ0) is 10.4. The highest BCUT2D eigenvalue weighted by Crippen LogP contribution is 2.07. The molecule has 0 radical (unpaired) electrons. The Morgan fingerprint density at radius 1 is 1.50 bits per heavy atom. The van der Waals surface area contributed by atoms with Crippen LogP contribution in [-0.2, 0) is 4.84 Å². The largest absolute Gasteiger partial charge is 0.464 e. The minimum Gasteiger partial charge on any atom is -0.464 e. The number of hydrogen-bond acceptors (Lipinski definition) is 4. The number of amides is 1. The van der Waals surface area contributed by atoms with E-state index >= 15 is 0 Å². The molecule has 0 aromatic rings. The second kappa shape index (κ2) is 5.79. The average molecular weight is 204 g/mol. The Balaban J connectivity index is 2.03. The van der Waals surface area contributed by atoms with Gasteiger partial charge in [0, 0.05) is 6.54 Å². The van der Waals surface area contributed by atoms with Gasteiger partial charge in [-0.2, -0.15) is 5.48 Å². The molecule has 1 heterocycles. The van der Waals surface area contributed by atoms with Gasteiger partial charge in [-0.25, -0.2) is 4.79 Å². The summed E-state index contributed by atoms with van der Waals surface area (Å²) in [6.45, 7) is 2.54. The zero-order valence-electron chi connectivity index (χ0n) is 7.98. The van der Waals surface area contributed by atoms with E-state index in [-0.39, 0.29) is 6.61 Å². The molecule has 0 aromatic carbocycles. The Kier molecular flexibility index (Phi) is 4.64. The lowest BCUT2D eigenvalue weighted by molar-refractivity contribution is -0.0211. The molecule has 1 saturated heterocycles. The number of nitrogens with zero attached hydrogens (tertiary/aromatic N) is 1. The summed E-state index contributed by atoms with van der Waals surface area (Å²) in [6.07, 6.45) is 0.445. The Hall–Kier alpha value is -0.850. The number of hydroxylamine groups is 1. The third kappa shape index (κ3) is 4.40. The van der Waals surface area contributed by atoms with Crippen LogP contribution in [0.2, 0.25) is 0 Å². The number of aliphatic hydroxyl groups is 1. The molecule has 82 valence electrons. The summed E-state index contributed by atoms with van der Waals surface area (Å²) in [6, 6.07) is 0. The second-order valence-corrected chi connectivity index (χ2v) is 3.38. The number of carboxylic acid groups (broad SMARTS) is 1. The molecule has 6 heteroatoms. The molecule has 0 saturated carbocycles. The van der Waals surface area contributed by atoms with Crippen LogP contribution in [0.25, 0.3) is 0 Å². The van der Waals surface area contributed by atoms with Crippen LogP contribution < -0.4 is 5.48 Å². The molecule has 1 aliphatic rings. The van der Waals surface area contributed by atoms with Crippen molar-refractivity contribution in [3.05, 3.63) is 0 Å². The maximum absolute atomic E-state index is 10.00. The van der Waals surface area contributed by atoms with Gasteiger partial charge in [-0.1, -0.05) is 0 Å². The van der Waals surface area contributed by atoms with Gasteiger partial charge < -0.3 is 15.1 Å². The molecule has 3 N–H and O–H groups in total. The fraction of sp³-hybridized carbons (Fsp3) is 0.875. The molecule has 6 nitrogen and oxygen atoms in total. The van der Waals surface area contributed by atoms with Gasteiger partial charge in [0.1, 0.15) is 6.61 Å². The van der Waals surface area contributed by atoms with Crippen molar-refractivity contribution in [1.29, 1.82) is 0 Å². The maximum Gasteiger partial charge on any atom is 0.428 e. The molecule has 1 atom stereocenters. The summed E-state index contributed by atoms with van der Waals surface area (Å²) in [4.78, 5) is 16.7. The molecule has 1 unspecified atom stereocenters. The number of likely N-dealkylation sites (tertiary alicyclic amines) is 1. The summed E-state index contributed by atoms with van der Waals surface area (Å²) in [5, 5.41) is 17.6. The first-order valence-electron chi connectivity index (χ1n) is 4.69. The Labute approximate surface area is 82.4 Å². The molecule has 0 bridgehead atoms. The SMILES string of the molecule is O=C(O)NOCC(O)CN1CCCC1. The van der Waals surface area contributed by atoms with Gasteiger partial charge in [-0.3, -0.25) is 4.84 Å². The summed E-state index contributed by atoms with van der Waals surface area (Å²) in [7, 11) is 0. The number of rotatable bonds is 5. The highest BCUT2D eigenvalue weighted by molar-refractivity contribution is 5.62. The van der Waals surface area contributed by atoms with Crippen LogP contribution >= 0.6 is 0 Å². The summed E-state index contributed by atoms with van der Waals surface area (Å²) < 4.78 is 0. The zero-order valence-corrected chi connectivity index (χ0v) is 7.98. The molecule has 0 aromatic heterocycles. The summed E-state index contributed by atoms with van der Waals surface area (Å²) >= 11 is 0. The fourth-order valence-electron chi connectivity index (χ4n) is 1.52. The molecule has 0 spiro atoms. The van der Waals surface area contributed by atoms with Crippen molar-refractivity contribution in [3.63, 3.8) is 0 Å². The smallest absolute Gasteiger partial charge is 0.428 e. The number of hydrogen-bond donors (Lipinski definition) is 3. The third-order valence-corrected chi connectivity index (χ3v) is 2.10. The fourth-order valence-corrected chi connectivity index (χ4v) is 1.52. The first-order valence-corrected chi connectivity index (χ1v) is 4.69. The Morgan fingerprint density at radius 3 is 2.71 bits per heavy atom. The third-order valence-electron chi connectivity index (χ3n) is 2.10. The van der Waals surface area contributed by atoms with Crippen LogP contribution in [0.4, 0.5) is 4.79 Å².